The lowest BCUT2D eigenvalue weighted by atomic mass is 10.1. The smallest absolute Gasteiger partial charge is 0.257 e. The van der Waals surface area contributed by atoms with Gasteiger partial charge in [0, 0.05) is 31.1 Å². The lowest BCUT2D eigenvalue weighted by Crippen LogP contribution is -2.34. The van der Waals surface area contributed by atoms with E-state index >= 15 is 0 Å². The molecule has 0 aliphatic rings. The van der Waals surface area contributed by atoms with E-state index in [1.165, 1.54) is 0 Å². The number of halogens is 1. The number of rotatable bonds is 10. The Morgan fingerprint density at radius 2 is 1.85 bits per heavy atom. The normalized spacial score (nSPS) is 10.4. The van der Waals surface area contributed by atoms with Crippen LogP contribution in [0.1, 0.15) is 22.3 Å². The second-order valence-corrected chi connectivity index (χ2v) is 6.83. The topological polar surface area (TPSA) is 81.9 Å². The Morgan fingerprint density at radius 1 is 1.11 bits per heavy atom. The molecule has 0 fully saturated rings. The Labute approximate surface area is 167 Å². The average Bonchev–Trinajstić information content (AvgIpc) is 2.66. The van der Waals surface area contributed by atoms with Gasteiger partial charge < -0.3 is 20.1 Å². The fourth-order valence-corrected chi connectivity index (χ4v) is 2.86. The lowest BCUT2D eigenvalue weighted by molar-refractivity contribution is -0.118. The Balaban J connectivity index is 2.27. The summed E-state index contributed by atoms with van der Waals surface area (Å²) in [7, 11) is 1.59. The number of carbonyl (C=O) groups excluding carboxylic acids is 2. The van der Waals surface area contributed by atoms with Gasteiger partial charge in [0.15, 0.2) is 0 Å². The molecule has 0 radical (unpaired) electrons. The first kappa shape index (κ1) is 20.9. The quantitative estimate of drug-likeness (QED) is 0.582. The van der Waals surface area contributed by atoms with Crippen LogP contribution in [0, 0.1) is 0 Å². The molecule has 27 heavy (non-hydrogen) atoms. The number of primary amides is 1. The van der Waals surface area contributed by atoms with Gasteiger partial charge in [-0.15, -0.1) is 0 Å². The van der Waals surface area contributed by atoms with Crippen molar-refractivity contribution in [3.05, 3.63) is 64.1 Å². The summed E-state index contributed by atoms with van der Waals surface area (Å²) >= 11 is 3.40. The Bertz CT molecular complexity index is 768. The van der Waals surface area contributed by atoms with Crippen LogP contribution in [0.5, 0.6) is 5.75 Å². The van der Waals surface area contributed by atoms with E-state index < -0.39 is 5.91 Å². The van der Waals surface area contributed by atoms with Crippen LogP contribution in [0.25, 0.3) is 0 Å². The maximum atomic E-state index is 13.2. The number of amides is 2. The highest BCUT2D eigenvalue weighted by Crippen LogP contribution is 2.25. The standard InChI is InChI=1S/C20H23BrN2O4/c1-26-11-12-27-18-8-7-16(21)13-17(18)20(25)23(10-9-19(22)24)14-15-5-3-2-4-6-15/h2-8,13H,9-12,14H2,1H3,(H2,22,24). The Kier molecular flexibility index (Phi) is 8.29. The molecule has 0 saturated carbocycles. The summed E-state index contributed by atoms with van der Waals surface area (Å²) in [5.74, 6) is -0.210. The molecule has 2 amide bonds. The third-order valence-electron chi connectivity index (χ3n) is 3.85. The third-order valence-corrected chi connectivity index (χ3v) is 4.34. The van der Waals surface area contributed by atoms with Gasteiger partial charge in [0.2, 0.25) is 5.91 Å². The number of benzene rings is 2. The Morgan fingerprint density at radius 3 is 2.52 bits per heavy atom. The van der Waals surface area contributed by atoms with E-state index in [1.807, 2.05) is 36.4 Å². The van der Waals surface area contributed by atoms with Crippen LogP contribution < -0.4 is 10.5 Å². The van der Waals surface area contributed by atoms with Gasteiger partial charge in [-0.2, -0.15) is 0 Å². The van der Waals surface area contributed by atoms with Crippen molar-refractivity contribution in [1.29, 1.82) is 0 Å². The molecule has 2 rings (SSSR count). The fraction of sp³-hybridized carbons (Fsp3) is 0.300. The summed E-state index contributed by atoms with van der Waals surface area (Å²) in [6, 6.07) is 14.9. The summed E-state index contributed by atoms with van der Waals surface area (Å²) in [5, 5.41) is 0. The van der Waals surface area contributed by atoms with Crippen molar-refractivity contribution < 1.29 is 19.1 Å². The maximum Gasteiger partial charge on any atom is 0.257 e. The summed E-state index contributed by atoms with van der Waals surface area (Å²) in [5.41, 5.74) is 6.67. The minimum Gasteiger partial charge on any atom is -0.490 e. The molecule has 2 aromatic carbocycles. The molecule has 2 N–H and O–H groups in total. The van der Waals surface area contributed by atoms with E-state index in [1.54, 1.807) is 24.1 Å². The second-order valence-electron chi connectivity index (χ2n) is 5.91. The van der Waals surface area contributed by atoms with Gasteiger partial charge in [0.25, 0.3) is 5.91 Å². The van der Waals surface area contributed by atoms with Crippen LogP contribution in [-0.2, 0) is 16.1 Å². The van der Waals surface area contributed by atoms with Crippen LogP contribution >= 0.6 is 15.9 Å². The zero-order valence-corrected chi connectivity index (χ0v) is 16.8. The van der Waals surface area contributed by atoms with Crippen molar-refractivity contribution in [2.24, 2.45) is 5.73 Å². The molecule has 6 nitrogen and oxygen atoms in total. The average molecular weight is 435 g/mol. The van der Waals surface area contributed by atoms with Gasteiger partial charge in [-0.3, -0.25) is 9.59 Å². The third kappa shape index (κ3) is 6.69. The van der Waals surface area contributed by atoms with Gasteiger partial charge in [0.1, 0.15) is 12.4 Å². The van der Waals surface area contributed by atoms with Gasteiger partial charge in [-0.1, -0.05) is 46.3 Å². The van der Waals surface area contributed by atoms with Crippen LogP contribution in [0.3, 0.4) is 0 Å². The lowest BCUT2D eigenvalue weighted by Gasteiger charge is -2.24. The van der Waals surface area contributed by atoms with Gasteiger partial charge in [0.05, 0.1) is 12.2 Å². The molecule has 0 spiro atoms. The van der Waals surface area contributed by atoms with E-state index in [-0.39, 0.29) is 18.9 Å². The van der Waals surface area contributed by atoms with E-state index in [0.717, 1.165) is 10.0 Å². The molecule has 0 atom stereocenters. The highest BCUT2D eigenvalue weighted by Gasteiger charge is 2.21. The van der Waals surface area contributed by atoms with E-state index in [0.29, 0.717) is 31.1 Å². The van der Waals surface area contributed by atoms with Crippen LogP contribution in [-0.4, -0.2) is 43.6 Å². The molecule has 0 unspecified atom stereocenters. The largest absolute Gasteiger partial charge is 0.490 e. The van der Waals surface area contributed by atoms with Gasteiger partial charge in [-0.05, 0) is 23.8 Å². The van der Waals surface area contributed by atoms with E-state index in [4.69, 9.17) is 15.2 Å². The minimum atomic E-state index is -0.452. The molecule has 0 bridgehead atoms. The molecule has 0 aliphatic heterocycles. The zero-order chi connectivity index (χ0) is 19.6. The van der Waals surface area contributed by atoms with Crippen molar-refractivity contribution in [1.82, 2.24) is 4.90 Å². The number of nitrogens with two attached hydrogens (primary N) is 1. The number of carbonyl (C=O) groups is 2. The predicted molar refractivity (Wildman–Crippen MR) is 107 cm³/mol. The summed E-state index contributed by atoms with van der Waals surface area (Å²) in [6.07, 6.45) is 0.0897. The van der Waals surface area contributed by atoms with Crippen LogP contribution in [0.4, 0.5) is 0 Å². The highest BCUT2D eigenvalue weighted by atomic mass is 79.9. The number of hydrogen-bond acceptors (Lipinski definition) is 4. The second kappa shape index (κ2) is 10.7. The first-order chi connectivity index (χ1) is 13.0. The van der Waals surface area contributed by atoms with Crippen molar-refractivity contribution in [2.75, 3.05) is 26.9 Å². The molecule has 0 aromatic heterocycles. The fourth-order valence-electron chi connectivity index (χ4n) is 2.50. The van der Waals surface area contributed by atoms with Crippen molar-refractivity contribution >= 4 is 27.7 Å². The molecule has 0 saturated heterocycles. The minimum absolute atomic E-state index is 0.0897. The molecular weight excluding hydrogens is 412 g/mol. The van der Waals surface area contributed by atoms with Crippen molar-refractivity contribution in [3.8, 4) is 5.75 Å². The van der Waals surface area contributed by atoms with Crippen molar-refractivity contribution in [2.45, 2.75) is 13.0 Å². The number of nitrogens with zero attached hydrogens (tertiary/aromatic N) is 1. The molecule has 0 aliphatic carbocycles. The number of hydrogen-bond donors (Lipinski definition) is 1. The highest BCUT2D eigenvalue weighted by molar-refractivity contribution is 9.10. The van der Waals surface area contributed by atoms with Gasteiger partial charge in [-0.25, -0.2) is 0 Å². The number of methoxy groups -OCH3 is 1. The van der Waals surface area contributed by atoms with Gasteiger partial charge >= 0.3 is 0 Å². The maximum absolute atomic E-state index is 13.2. The SMILES string of the molecule is COCCOc1ccc(Br)cc1C(=O)N(CCC(N)=O)Cc1ccccc1. The Hall–Kier alpha value is -2.38. The van der Waals surface area contributed by atoms with Crippen molar-refractivity contribution in [3.63, 3.8) is 0 Å². The predicted octanol–water partition coefficient (Wildman–Crippen LogP) is 2.99. The monoisotopic (exact) mass is 434 g/mol. The summed E-state index contributed by atoms with van der Waals surface area (Å²) in [6.45, 7) is 1.35. The molecule has 7 heteroatoms. The molecule has 0 heterocycles. The van der Waals surface area contributed by atoms with Crippen LogP contribution in [0.2, 0.25) is 0 Å². The van der Waals surface area contributed by atoms with E-state index in [9.17, 15) is 9.59 Å². The van der Waals surface area contributed by atoms with Crippen LogP contribution in [0.15, 0.2) is 53.0 Å². The molecular formula is C20H23BrN2O4. The van der Waals surface area contributed by atoms with E-state index in [2.05, 4.69) is 15.9 Å². The summed E-state index contributed by atoms with van der Waals surface area (Å²) in [4.78, 5) is 26.1. The molecule has 2 aromatic rings. The summed E-state index contributed by atoms with van der Waals surface area (Å²) < 4.78 is 11.5. The molecule has 144 valence electrons. The number of ether oxygens (including phenoxy) is 2. The first-order valence-electron chi connectivity index (χ1n) is 8.54. The zero-order valence-electron chi connectivity index (χ0n) is 15.2. The first-order valence-corrected chi connectivity index (χ1v) is 9.33.